The van der Waals surface area contributed by atoms with Crippen LogP contribution in [0.15, 0.2) is 72.8 Å². The Labute approximate surface area is 268 Å². The molecule has 3 amide bonds. The molecule has 0 spiro atoms. The Balaban J connectivity index is 1.16. The third-order valence-electron chi connectivity index (χ3n) is 9.20. The molecule has 1 fully saturated rings. The van der Waals surface area contributed by atoms with E-state index in [1.165, 1.54) is 0 Å². The van der Waals surface area contributed by atoms with Gasteiger partial charge in [-0.15, -0.1) is 0 Å². The molecule has 3 aromatic rings. The van der Waals surface area contributed by atoms with Gasteiger partial charge in [-0.25, -0.2) is 9.59 Å². The number of esters is 2. The van der Waals surface area contributed by atoms with Crippen molar-refractivity contribution in [2.75, 3.05) is 18.5 Å². The average Bonchev–Trinajstić information content (AvgIpc) is 3.32. The summed E-state index contributed by atoms with van der Waals surface area (Å²) in [5, 5.41) is 2.65. The third-order valence-corrected chi connectivity index (χ3v) is 9.20. The first-order valence-corrected chi connectivity index (χ1v) is 16.0. The van der Waals surface area contributed by atoms with Crippen molar-refractivity contribution < 1.29 is 33.4 Å². The van der Waals surface area contributed by atoms with Gasteiger partial charge in [0, 0.05) is 17.5 Å². The second-order valence-electron chi connectivity index (χ2n) is 12.7. The third kappa shape index (κ3) is 5.59. The van der Waals surface area contributed by atoms with E-state index in [4.69, 9.17) is 9.47 Å². The van der Waals surface area contributed by atoms with Crippen LogP contribution in [0.3, 0.4) is 0 Å². The van der Waals surface area contributed by atoms with Crippen LogP contribution in [0.1, 0.15) is 84.5 Å². The number of imide groups is 1. The van der Waals surface area contributed by atoms with Crippen molar-refractivity contribution in [2.24, 2.45) is 17.8 Å². The molecule has 1 N–H and O–H groups in total. The molecule has 7 rings (SSSR count). The van der Waals surface area contributed by atoms with E-state index in [-0.39, 0.29) is 36.0 Å². The molecular weight excluding hydrogens is 584 g/mol. The summed E-state index contributed by atoms with van der Waals surface area (Å²) in [6, 6.07) is 21.0. The molecule has 46 heavy (non-hydrogen) atoms. The highest BCUT2D eigenvalue weighted by Crippen LogP contribution is 2.61. The second kappa shape index (κ2) is 12.9. The number of hydrogen-bond donors (Lipinski definition) is 1. The van der Waals surface area contributed by atoms with Crippen LogP contribution >= 0.6 is 0 Å². The minimum atomic E-state index is -1.12. The normalized spacial score (nSPS) is 21.3. The SMILES string of the molecule is CCCC[C@H](C(=O)OCC(=O)Nc1ccc(C(=O)OCC(C)C)cc1)N1C(=O)[C@@H]2C3c4ccccc4C(c4ccccc43)[C@@H]2C1=O. The first-order chi connectivity index (χ1) is 22.2. The standard InChI is InChI=1S/C37H38N2O7/c1-4-5-14-28(37(44)46-20-29(40)38-23-17-15-22(16-18-23)36(43)45-19-21(2)3)39-34(41)32-30-24-10-6-7-11-25(24)31(33(32)35(39)42)27-13-9-8-12-26(27)30/h6-13,15-18,21,28,30-33H,4-5,14,19-20H2,1-3H3,(H,38,40)/t28-,30?,31?,32-,33+/m1/s1. The number of ether oxygens (including phenoxy) is 2. The Hall–Kier alpha value is -4.79. The molecule has 9 nitrogen and oxygen atoms in total. The lowest BCUT2D eigenvalue weighted by Crippen LogP contribution is -2.47. The van der Waals surface area contributed by atoms with E-state index >= 15 is 0 Å². The zero-order valence-electron chi connectivity index (χ0n) is 26.2. The minimum absolute atomic E-state index is 0.210. The first-order valence-electron chi connectivity index (χ1n) is 16.0. The molecule has 238 valence electrons. The maximum atomic E-state index is 14.2. The Morgan fingerprint density at radius 3 is 1.78 bits per heavy atom. The van der Waals surface area contributed by atoms with E-state index in [2.05, 4.69) is 5.32 Å². The Kier molecular flexibility index (Phi) is 8.75. The van der Waals surface area contributed by atoms with Crippen molar-refractivity contribution in [3.8, 4) is 0 Å². The summed E-state index contributed by atoms with van der Waals surface area (Å²) >= 11 is 0. The zero-order chi connectivity index (χ0) is 32.5. The van der Waals surface area contributed by atoms with Gasteiger partial charge in [0.15, 0.2) is 6.61 Å². The van der Waals surface area contributed by atoms with Gasteiger partial charge in [0.1, 0.15) is 6.04 Å². The molecule has 0 radical (unpaired) electrons. The number of nitrogens with one attached hydrogen (secondary N) is 1. The first kappa shape index (κ1) is 31.2. The molecule has 3 aliphatic carbocycles. The number of benzene rings is 3. The van der Waals surface area contributed by atoms with E-state index in [0.717, 1.165) is 33.6 Å². The molecule has 1 heterocycles. The highest BCUT2D eigenvalue weighted by atomic mass is 16.5. The predicted octanol–water partition coefficient (Wildman–Crippen LogP) is 5.43. The van der Waals surface area contributed by atoms with Gasteiger partial charge in [0.2, 0.25) is 11.8 Å². The summed E-state index contributed by atoms with van der Waals surface area (Å²) in [4.78, 5) is 67.9. The van der Waals surface area contributed by atoms with Crippen LogP contribution in [0.2, 0.25) is 0 Å². The smallest absolute Gasteiger partial charge is 0.338 e. The van der Waals surface area contributed by atoms with Crippen molar-refractivity contribution in [1.82, 2.24) is 4.90 Å². The fourth-order valence-corrected chi connectivity index (χ4v) is 7.20. The summed E-state index contributed by atoms with van der Waals surface area (Å²) in [5.41, 5.74) is 4.98. The molecule has 0 aromatic heterocycles. The number of unbranched alkanes of at least 4 members (excludes halogenated alkanes) is 1. The van der Waals surface area contributed by atoms with E-state index in [1.54, 1.807) is 24.3 Å². The largest absolute Gasteiger partial charge is 0.462 e. The molecule has 0 unspecified atom stereocenters. The highest BCUT2D eigenvalue weighted by Gasteiger charge is 2.63. The van der Waals surface area contributed by atoms with E-state index in [9.17, 15) is 24.0 Å². The fraction of sp³-hybridized carbons (Fsp3) is 0.378. The number of carbonyl (C=O) groups is 5. The maximum absolute atomic E-state index is 14.2. The van der Waals surface area contributed by atoms with Gasteiger partial charge in [-0.05, 0) is 58.9 Å². The molecule has 3 aromatic carbocycles. The Morgan fingerprint density at radius 2 is 1.30 bits per heavy atom. The van der Waals surface area contributed by atoms with E-state index < -0.39 is 42.3 Å². The molecule has 0 saturated carbocycles. The molecule has 1 saturated heterocycles. The van der Waals surface area contributed by atoms with Crippen LogP contribution in [0, 0.1) is 17.8 Å². The monoisotopic (exact) mass is 622 g/mol. The fourth-order valence-electron chi connectivity index (χ4n) is 7.20. The lowest BCUT2D eigenvalue weighted by Gasteiger charge is -2.45. The van der Waals surface area contributed by atoms with Gasteiger partial charge in [0.05, 0.1) is 24.0 Å². The molecule has 1 aliphatic heterocycles. The number of carbonyl (C=O) groups excluding carboxylic acids is 5. The molecule has 3 atom stereocenters. The number of amides is 3. The molecule has 9 heteroatoms. The summed E-state index contributed by atoms with van der Waals surface area (Å²) in [6.45, 7) is 5.57. The zero-order valence-corrected chi connectivity index (χ0v) is 26.2. The van der Waals surface area contributed by atoms with Crippen LogP contribution in [-0.4, -0.2) is 53.8 Å². The van der Waals surface area contributed by atoms with Crippen LogP contribution in [-0.2, 0) is 28.7 Å². The van der Waals surface area contributed by atoms with Gasteiger partial charge >= 0.3 is 11.9 Å². The van der Waals surface area contributed by atoms with Crippen molar-refractivity contribution in [2.45, 2.75) is 57.9 Å². The molecule has 4 aliphatic rings. The molecular formula is C37H38N2O7. The van der Waals surface area contributed by atoms with Gasteiger partial charge in [-0.3, -0.25) is 19.3 Å². The quantitative estimate of drug-likeness (QED) is 0.224. The minimum Gasteiger partial charge on any atom is -0.462 e. The van der Waals surface area contributed by atoms with Crippen molar-refractivity contribution in [1.29, 1.82) is 0 Å². The van der Waals surface area contributed by atoms with E-state index in [1.807, 2.05) is 69.3 Å². The van der Waals surface area contributed by atoms with Gasteiger partial charge < -0.3 is 14.8 Å². The van der Waals surface area contributed by atoms with Crippen LogP contribution < -0.4 is 5.32 Å². The summed E-state index contributed by atoms with van der Waals surface area (Å²) in [5.74, 6) is -4.09. The summed E-state index contributed by atoms with van der Waals surface area (Å²) in [6.07, 6.45) is 1.59. The summed E-state index contributed by atoms with van der Waals surface area (Å²) < 4.78 is 10.7. The predicted molar refractivity (Wildman–Crippen MR) is 170 cm³/mol. The number of anilines is 1. The maximum Gasteiger partial charge on any atom is 0.338 e. The molecule has 2 bridgehead atoms. The van der Waals surface area contributed by atoms with Crippen LogP contribution in [0.4, 0.5) is 5.69 Å². The second-order valence-corrected chi connectivity index (χ2v) is 12.7. The Bertz CT molecular complexity index is 1570. The van der Waals surface area contributed by atoms with Crippen molar-refractivity contribution >= 4 is 35.3 Å². The number of rotatable bonds is 11. The number of hydrogen-bond acceptors (Lipinski definition) is 7. The summed E-state index contributed by atoms with van der Waals surface area (Å²) in [7, 11) is 0. The van der Waals surface area contributed by atoms with Gasteiger partial charge in [0.25, 0.3) is 5.91 Å². The van der Waals surface area contributed by atoms with Crippen LogP contribution in [0.25, 0.3) is 0 Å². The van der Waals surface area contributed by atoms with Crippen LogP contribution in [0.5, 0.6) is 0 Å². The number of likely N-dealkylation sites (tertiary alicyclic amines) is 1. The van der Waals surface area contributed by atoms with E-state index in [0.29, 0.717) is 24.3 Å². The van der Waals surface area contributed by atoms with Gasteiger partial charge in [-0.2, -0.15) is 0 Å². The Morgan fingerprint density at radius 1 is 0.783 bits per heavy atom. The van der Waals surface area contributed by atoms with Gasteiger partial charge in [-0.1, -0.05) is 82.1 Å². The van der Waals surface area contributed by atoms with Crippen molar-refractivity contribution in [3.63, 3.8) is 0 Å². The average molecular weight is 623 g/mol. The lowest BCUT2D eigenvalue weighted by molar-refractivity contribution is -0.160. The highest BCUT2D eigenvalue weighted by molar-refractivity contribution is 6.10. The van der Waals surface area contributed by atoms with Crippen molar-refractivity contribution in [3.05, 3.63) is 101 Å². The number of nitrogens with zero attached hydrogens (tertiary/aromatic N) is 1. The topological polar surface area (TPSA) is 119 Å². The lowest BCUT2D eigenvalue weighted by atomic mass is 9.55.